The van der Waals surface area contributed by atoms with Crippen LogP contribution in [0.2, 0.25) is 0 Å². The summed E-state index contributed by atoms with van der Waals surface area (Å²) in [5.41, 5.74) is 13.9. The Kier molecular flexibility index (Phi) is 6.17. The fourth-order valence-corrected chi connectivity index (χ4v) is 8.01. The first-order valence-corrected chi connectivity index (χ1v) is 17.5. The van der Waals surface area contributed by atoms with E-state index in [2.05, 4.69) is 194 Å². The number of benzene rings is 8. The first kappa shape index (κ1) is 28.9. The van der Waals surface area contributed by atoms with E-state index in [0.717, 1.165) is 11.4 Å². The van der Waals surface area contributed by atoms with Crippen LogP contribution in [0.3, 0.4) is 0 Å². The predicted octanol–water partition coefficient (Wildman–Crippen LogP) is 13.5. The van der Waals surface area contributed by atoms with Gasteiger partial charge in [-0.3, -0.25) is 0 Å². The zero-order valence-electron chi connectivity index (χ0n) is 28.5. The normalized spacial score (nSPS) is 12.3. The Morgan fingerprint density at radius 3 is 1.56 bits per heavy atom. The molecule has 50 heavy (non-hydrogen) atoms. The molecule has 1 aromatic heterocycles. The molecule has 0 fully saturated rings. The van der Waals surface area contributed by atoms with E-state index in [-0.39, 0.29) is 5.41 Å². The highest BCUT2D eigenvalue weighted by Gasteiger charge is 2.25. The van der Waals surface area contributed by atoms with Crippen LogP contribution >= 0.6 is 0 Å². The molecule has 0 radical (unpaired) electrons. The fraction of sp³-hybridized carbons (Fsp3) is 0.0833. The smallest absolute Gasteiger partial charge is 0.0541 e. The molecule has 238 valence electrons. The molecule has 0 unspecified atom stereocenters. The molecule has 1 heterocycles. The van der Waals surface area contributed by atoms with Crippen LogP contribution in [0, 0.1) is 0 Å². The van der Waals surface area contributed by atoms with Gasteiger partial charge in [-0.15, -0.1) is 0 Å². The molecule has 10 rings (SSSR count). The van der Waals surface area contributed by atoms with Gasteiger partial charge in [0, 0.05) is 33.5 Å². The number of hydrogen-bond acceptors (Lipinski definition) is 1. The van der Waals surface area contributed by atoms with E-state index in [1.54, 1.807) is 0 Å². The Balaban J connectivity index is 1.08. The monoisotopic (exact) mass is 640 g/mol. The minimum Gasteiger partial charge on any atom is -0.310 e. The molecule has 0 bridgehead atoms. The van der Waals surface area contributed by atoms with Gasteiger partial charge in [0.05, 0.1) is 11.0 Å². The molecule has 0 saturated heterocycles. The standard InChI is InChI=1S/C48H36N2/c1-48(2,3)35-12-11-15-37(30-35)49(36-13-5-4-6-14-36)38-22-20-31-26-42-43-27-32-21-23-39(25-34(32)29-45(43)44(42)28-33(31)24-38)50-46-18-9-7-16-40(46)41-17-8-10-19-47(41)50/h4-30H,1-3H3. The number of aromatic nitrogens is 1. The van der Waals surface area contributed by atoms with Crippen molar-refractivity contribution in [2.75, 3.05) is 4.90 Å². The fourth-order valence-electron chi connectivity index (χ4n) is 8.01. The number of hydrogen-bond donors (Lipinski definition) is 0. The summed E-state index contributed by atoms with van der Waals surface area (Å²) < 4.78 is 2.40. The summed E-state index contributed by atoms with van der Waals surface area (Å²) in [7, 11) is 0. The molecule has 0 atom stereocenters. The van der Waals surface area contributed by atoms with Gasteiger partial charge >= 0.3 is 0 Å². The van der Waals surface area contributed by atoms with Gasteiger partial charge < -0.3 is 9.47 Å². The summed E-state index contributed by atoms with van der Waals surface area (Å²) in [5.74, 6) is 0. The minimum atomic E-state index is 0.0613. The Morgan fingerprint density at radius 1 is 0.400 bits per heavy atom. The van der Waals surface area contributed by atoms with Crippen molar-refractivity contribution in [1.29, 1.82) is 0 Å². The molecule has 0 spiro atoms. The van der Waals surface area contributed by atoms with Crippen LogP contribution < -0.4 is 4.90 Å². The van der Waals surface area contributed by atoms with Gasteiger partial charge in [-0.2, -0.15) is 0 Å². The maximum absolute atomic E-state index is 2.40. The second-order valence-electron chi connectivity index (χ2n) is 14.7. The van der Waals surface area contributed by atoms with Gasteiger partial charge in [0.15, 0.2) is 0 Å². The van der Waals surface area contributed by atoms with Crippen molar-refractivity contribution in [3.05, 3.63) is 169 Å². The molecular weight excluding hydrogens is 605 g/mol. The summed E-state index contributed by atoms with van der Waals surface area (Å²) in [5, 5.41) is 7.61. The van der Waals surface area contributed by atoms with Crippen LogP contribution in [0.1, 0.15) is 26.3 Å². The number of nitrogens with zero attached hydrogens (tertiary/aromatic N) is 2. The largest absolute Gasteiger partial charge is 0.310 e. The summed E-state index contributed by atoms with van der Waals surface area (Å²) in [6.07, 6.45) is 0. The number of fused-ring (bicyclic) bond motifs is 9. The SMILES string of the molecule is CC(C)(C)c1cccc(N(c2ccccc2)c2ccc3cc4c(cc3c2)-c2cc3cc(-n5c6ccccc6c6ccccc65)ccc3cc2-4)c1. The van der Waals surface area contributed by atoms with Gasteiger partial charge in [-0.25, -0.2) is 0 Å². The van der Waals surface area contributed by atoms with Crippen molar-refractivity contribution in [3.8, 4) is 27.9 Å². The van der Waals surface area contributed by atoms with Crippen molar-refractivity contribution < 1.29 is 0 Å². The van der Waals surface area contributed by atoms with Gasteiger partial charge in [0.25, 0.3) is 0 Å². The second-order valence-corrected chi connectivity index (χ2v) is 14.7. The van der Waals surface area contributed by atoms with E-state index in [0.29, 0.717) is 0 Å². The third-order valence-corrected chi connectivity index (χ3v) is 10.6. The van der Waals surface area contributed by atoms with Gasteiger partial charge in [0.2, 0.25) is 0 Å². The molecule has 0 saturated carbocycles. The van der Waals surface area contributed by atoms with Gasteiger partial charge in [0.1, 0.15) is 0 Å². The molecule has 0 aliphatic heterocycles. The van der Waals surface area contributed by atoms with Crippen LogP contribution in [-0.2, 0) is 5.41 Å². The molecule has 2 nitrogen and oxygen atoms in total. The third-order valence-electron chi connectivity index (χ3n) is 10.6. The molecule has 9 aromatic rings. The van der Waals surface area contributed by atoms with Crippen LogP contribution in [-0.4, -0.2) is 4.57 Å². The molecule has 0 N–H and O–H groups in total. The topological polar surface area (TPSA) is 8.17 Å². The number of rotatable bonds is 4. The second kappa shape index (κ2) is 10.7. The quantitative estimate of drug-likeness (QED) is 0.186. The zero-order chi connectivity index (χ0) is 33.6. The van der Waals surface area contributed by atoms with Crippen LogP contribution in [0.25, 0.3) is 71.3 Å². The van der Waals surface area contributed by atoms with E-state index < -0.39 is 0 Å². The van der Waals surface area contributed by atoms with E-state index in [4.69, 9.17) is 0 Å². The van der Waals surface area contributed by atoms with Crippen LogP contribution in [0.4, 0.5) is 17.1 Å². The number of para-hydroxylation sites is 3. The first-order valence-electron chi connectivity index (χ1n) is 17.5. The highest BCUT2D eigenvalue weighted by Crippen LogP contribution is 2.51. The molecular formula is C48H36N2. The Morgan fingerprint density at radius 2 is 0.920 bits per heavy atom. The van der Waals surface area contributed by atoms with E-state index >= 15 is 0 Å². The van der Waals surface area contributed by atoms with Crippen molar-refractivity contribution in [1.82, 2.24) is 4.57 Å². The summed E-state index contributed by atoms with van der Waals surface area (Å²) >= 11 is 0. The lowest BCUT2D eigenvalue weighted by molar-refractivity contribution is 0.590. The Bertz CT molecular complexity index is 2740. The first-order chi connectivity index (χ1) is 24.4. The third kappa shape index (κ3) is 4.42. The molecule has 8 aromatic carbocycles. The van der Waals surface area contributed by atoms with Gasteiger partial charge in [-0.05, 0) is 140 Å². The lowest BCUT2D eigenvalue weighted by Crippen LogP contribution is -2.14. The highest BCUT2D eigenvalue weighted by molar-refractivity contribution is 6.13. The van der Waals surface area contributed by atoms with Crippen LogP contribution in [0.5, 0.6) is 0 Å². The van der Waals surface area contributed by atoms with Crippen molar-refractivity contribution >= 4 is 60.4 Å². The molecule has 1 aliphatic carbocycles. The lowest BCUT2D eigenvalue weighted by atomic mass is 9.78. The summed E-state index contributed by atoms with van der Waals surface area (Å²) in [4.78, 5) is 2.38. The molecule has 0 amide bonds. The maximum Gasteiger partial charge on any atom is 0.0541 e. The van der Waals surface area contributed by atoms with E-state index in [9.17, 15) is 0 Å². The zero-order valence-corrected chi connectivity index (χ0v) is 28.5. The lowest BCUT2D eigenvalue weighted by Gasteiger charge is -2.29. The van der Waals surface area contributed by atoms with Crippen molar-refractivity contribution in [2.24, 2.45) is 0 Å². The average molecular weight is 641 g/mol. The van der Waals surface area contributed by atoms with Crippen molar-refractivity contribution in [3.63, 3.8) is 0 Å². The van der Waals surface area contributed by atoms with E-state index in [1.807, 2.05) is 0 Å². The van der Waals surface area contributed by atoms with E-state index in [1.165, 1.54) is 82.5 Å². The van der Waals surface area contributed by atoms with Crippen molar-refractivity contribution in [2.45, 2.75) is 26.2 Å². The average Bonchev–Trinajstić information content (AvgIpc) is 3.48. The molecule has 1 aliphatic rings. The number of anilines is 3. The predicted molar refractivity (Wildman–Crippen MR) is 214 cm³/mol. The Labute approximate surface area is 292 Å². The summed E-state index contributed by atoms with van der Waals surface area (Å²) in [6, 6.07) is 60.5. The Hall–Kier alpha value is -6.12. The summed E-state index contributed by atoms with van der Waals surface area (Å²) in [6.45, 7) is 6.83. The van der Waals surface area contributed by atoms with Gasteiger partial charge in [-0.1, -0.05) is 99.6 Å². The highest BCUT2D eigenvalue weighted by atomic mass is 15.1. The molecule has 2 heteroatoms. The van der Waals surface area contributed by atoms with Crippen LogP contribution in [0.15, 0.2) is 164 Å². The minimum absolute atomic E-state index is 0.0613. The maximum atomic E-state index is 2.40.